The Balaban J connectivity index is 1.81. The fourth-order valence-corrected chi connectivity index (χ4v) is 2.85. The molecule has 5 heteroatoms. The normalized spacial score (nSPS) is 19.2. The fraction of sp³-hybridized carbons (Fsp3) is 0.500. The Morgan fingerprint density at radius 2 is 2.33 bits per heavy atom. The second-order valence-electron chi connectivity index (χ2n) is 5.79. The highest BCUT2D eigenvalue weighted by molar-refractivity contribution is 7.80. The quantitative estimate of drug-likeness (QED) is 0.820. The average molecular weight is 305 g/mol. The van der Waals surface area contributed by atoms with Gasteiger partial charge in [0.1, 0.15) is 4.99 Å². The van der Waals surface area contributed by atoms with Crippen LogP contribution in [0.5, 0.6) is 0 Å². The molecule has 1 aromatic rings. The number of amides is 1. The van der Waals surface area contributed by atoms with Crippen LogP contribution in [0.15, 0.2) is 24.3 Å². The number of likely N-dealkylation sites (tertiary alicyclic amines) is 1. The van der Waals surface area contributed by atoms with Crippen molar-refractivity contribution in [1.29, 1.82) is 0 Å². The van der Waals surface area contributed by atoms with Crippen LogP contribution in [0.3, 0.4) is 0 Å². The number of rotatable bonds is 5. The van der Waals surface area contributed by atoms with Gasteiger partial charge in [-0.05, 0) is 37.4 Å². The topological polar surface area (TPSA) is 58.4 Å². The zero-order valence-corrected chi connectivity index (χ0v) is 13.3. The van der Waals surface area contributed by atoms with E-state index in [1.165, 1.54) is 12.8 Å². The zero-order chi connectivity index (χ0) is 15.2. The minimum Gasteiger partial charge on any atom is -0.389 e. The number of nitrogens with two attached hydrogens (primary N) is 1. The van der Waals surface area contributed by atoms with E-state index in [-0.39, 0.29) is 5.91 Å². The first-order valence-electron chi connectivity index (χ1n) is 7.46. The van der Waals surface area contributed by atoms with Gasteiger partial charge in [0.15, 0.2) is 0 Å². The summed E-state index contributed by atoms with van der Waals surface area (Å²) in [4.78, 5) is 14.7. The summed E-state index contributed by atoms with van der Waals surface area (Å²) in [6, 6.07) is 7.34. The van der Waals surface area contributed by atoms with E-state index in [9.17, 15) is 4.79 Å². The molecule has 1 aliphatic heterocycles. The van der Waals surface area contributed by atoms with Crippen LogP contribution in [0.4, 0.5) is 5.69 Å². The van der Waals surface area contributed by atoms with Gasteiger partial charge in [0.25, 0.3) is 0 Å². The third-order valence-electron chi connectivity index (χ3n) is 3.83. The Morgan fingerprint density at radius 3 is 3.05 bits per heavy atom. The molecular formula is C16H23N3OS. The number of carbonyl (C=O) groups is 1. The standard InChI is InChI=1S/C16H23N3OS/c1-12-4-3-8-19(11-12)9-7-15(20)18-14-6-2-5-13(10-14)16(17)21/h2,5-6,10,12H,3-4,7-9,11H2,1H3,(H2,17,21)(H,18,20). The largest absolute Gasteiger partial charge is 0.389 e. The molecule has 1 unspecified atom stereocenters. The highest BCUT2D eigenvalue weighted by Gasteiger charge is 2.16. The van der Waals surface area contributed by atoms with E-state index in [1.807, 2.05) is 24.3 Å². The lowest BCUT2D eigenvalue weighted by Gasteiger charge is -2.30. The van der Waals surface area contributed by atoms with E-state index in [4.69, 9.17) is 18.0 Å². The van der Waals surface area contributed by atoms with Gasteiger partial charge >= 0.3 is 0 Å². The van der Waals surface area contributed by atoms with Crippen molar-refractivity contribution in [3.05, 3.63) is 29.8 Å². The summed E-state index contributed by atoms with van der Waals surface area (Å²) in [5, 5.41) is 2.91. The van der Waals surface area contributed by atoms with E-state index < -0.39 is 0 Å². The maximum absolute atomic E-state index is 12.0. The van der Waals surface area contributed by atoms with Crippen molar-refractivity contribution in [1.82, 2.24) is 4.90 Å². The molecule has 0 bridgehead atoms. The van der Waals surface area contributed by atoms with Gasteiger partial charge in [-0.1, -0.05) is 31.3 Å². The van der Waals surface area contributed by atoms with Crippen LogP contribution in [-0.4, -0.2) is 35.4 Å². The summed E-state index contributed by atoms with van der Waals surface area (Å²) >= 11 is 4.94. The summed E-state index contributed by atoms with van der Waals surface area (Å²) in [5.41, 5.74) is 7.11. The van der Waals surface area contributed by atoms with E-state index in [0.717, 1.165) is 36.8 Å². The molecule has 1 heterocycles. The number of benzene rings is 1. The van der Waals surface area contributed by atoms with Crippen molar-refractivity contribution in [2.24, 2.45) is 11.7 Å². The molecule has 1 aromatic carbocycles. The number of carbonyl (C=O) groups excluding carboxylic acids is 1. The van der Waals surface area contributed by atoms with Gasteiger partial charge in [-0.2, -0.15) is 0 Å². The van der Waals surface area contributed by atoms with Crippen molar-refractivity contribution in [3.8, 4) is 0 Å². The van der Waals surface area contributed by atoms with Gasteiger partial charge in [0.05, 0.1) is 0 Å². The lowest BCUT2D eigenvalue weighted by Crippen LogP contribution is -2.36. The molecule has 0 radical (unpaired) electrons. The number of anilines is 1. The van der Waals surface area contributed by atoms with Gasteiger partial charge in [0.2, 0.25) is 5.91 Å². The van der Waals surface area contributed by atoms with Crippen molar-refractivity contribution >= 4 is 28.8 Å². The van der Waals surface area contributed by atoms with Gasteiger partial charge in [-0.3, -0.25) is 4.79 Å². The first kappa shape index (κ1) is 15.9. The Bertz CT molecular complexity index is 518. The van der Waals surface area contributed by atoms with Crippen molar-refractivity contribution in [3.63, 3.8) is 0 Å². The van der Waals surface area contributed by atoms with Crippen molar-refractivity contribution in [2.75, 3.05) is 25.0 Å². The Morgan fingerprint density at radius 1 is 1.52 bits per heavy atom. The van der Waals surface area contributed by atoms with E-state index in [1.54, 1.807) is 0 Å². The Kier molecular flexibility index (Phi) is 5.70. The first-order valence-corrected chi connectivity index (χ1v) is 7.87. The molecule has 3 N–H and O–H groups in total. The number of thiocarbonyl (C=S) groups is 1. The lowest BCUT2D eigenvalue weighted by atomic mass is 10.0. The highest BCUT2D eigenvalue weighted by atomic mass is 32.1. The smallest absolute Gasteiger partial charge is 0.225 e. The summed E-state index contributed by atoms with van der Waals surface area (Å²) < 4.78 is 0. The van der Waals surface area contributed by atoms with Crippen LogP contribution in [0.1, 0.15) is 31.7 Å². The van der Waals surface area contributed by atoms with E-state index >= 15 is 0 Å². The Hall–Kier alpha value is -1.46. The molecule has 1 amide bonds. The third kappa shape index (κ3) is 5.10. The monoisotopic (exact) mass is 305 g/mol. The van der Waals surface area contributed by atoms with Crippen LogP contribution < -0.4 is 11.1 Å². The van der Waals surface area contributed by atoms with E-state index in [2.05, 4.69) is 17.1 Å². The maximum atomic E-state index is 12.0. The molecule has 1 fully saturated rings. The van der Waals surface area contributed by atoms with Gasteiger partial charge < -0.3 is 16.0 Å². The molecule has 114 valence electrons. The second kappa shape index (κ2) is 7.52. The summed E-state index contributed by atoms with van der Waals surface area (Å²) in [7, 11) is 0. The van der Waals surface area contributed by atoms with E-state index in [0.29, 0.717) is 11.4 Å². The van der Waals surface area contributed by atoms with Gasteiger partial charge in [-0.25, -0.2) is 0 Å². The molecule has 0 aliphatic carbocycles. The minimum atomic E-state index is 0.0355. The molecule has 0 saturated carbocycles. The number of nitrogens with one attached hydrogen (secondary N) is 1. The summed E-state index contributed by atoms with van der Waals surface area (Å²) in [6.07, 6.45) is 3.05. The molecule has 1 atom stereocenters. The fourth-order valence-electron chi connectivity index (χ4n) is 2.72. The Labute approximate surface area is 131 Å². The summed E-state index contributed by atoms with van der Waals surface area (Å²) in [5.74, 6) is 0.775. The number of piperidine rings is 1. The van der Waals surface area contributed by atoms with Crippen LogP contribution in [-0.2, 0) is 4.79 Å². The second-order valence-corrected chi connectivity index (χ2v) is 6.23. The van der Waals surface area contributed by atoms with Gasteiger partial charge in [-0.15, -0.1) is 0 Å². The molecule has 2 rings (SSSR count). The molecule has 1 aliphatic rings. The molecule has 21 heavy (non-hydrogen) atoms. The average Bonchev–Trinajstić information content (AvgIpc) is 2.45. The maximum Gasteiger partial charge on any atom is 0.225 e. The number of nitrogens with zero attached hydrogens (tertiary/aromatic N) is 1. The SMILES string of the molecule is CC1CCCN(CCC(=O)Nc2cccc(C(N)=S)c2)C1. The first-order chi connectivity index (χ1) is 10.0. The zero-order valence-electron chi connectivity index (χ0n) is 12.5. The highest BCUT2D eigenvalue weighted by Crippen LogP contribution is 2.16. The number of hydrogen-bond donors (Lipinski definition) is 2. The third-order valence-corrected chi connectivity index (χ3v) is 4.06. The predicted octanol–water partition coefficient (Wildman–Crippen LogP) is 2.38. The van der Waals surface area contributed by atoms with Crippen molar-refractivity contribution < 1.29 is 4.79 Å². The predicted molar refractivity (Wildman–Crippen MR) is 90.4 cm³/mol. The van der Waals surface area contributed by atoms with Gasteiger partial charge in [0, 0.05) is 30.8 Å². The molecule has 1 saturated heterocycles. The van der Waals surface area contributed by atoms with Crippen molar-refractivity contribution in [2.45, 2.75) is 26.2 Å². The number of hydrogen-bond acceptors (Lipinski definition) is 3. The molecular weight excluding hydrogens is 282 g/mol. The molecule has 0 spiro atoms. The van der Waals surface area contributed by atoms with Crippen LogP contribution >= 0.6 is 12.2 Å². The lowest BCUT2D eigenvalue weighted by molar-refractivity contribution is -0.116. The molecule has 0 aromatic heterocycles. The van der Waals surface area contributed by atoms with Crippen LogP contribution in [0, 0.1) is 5.92 Å². The molecule has 4 nitrogen and oxygen atoms in total. The minimum absolute atomic E-state index is 0.0355. The van der Waals surface area contributed by atoms with Crippen LogP contribution in [0.25, 0.3) is 0 Å². The summed E-state index contributed by atoms with van der Waals surface area (Å²) in [6.45, 7) is 5.30. The van der Waals surface area contributed by atoms with Crippen LogP contribution in [0.2, 0.25) is 0 Å².